The summed E-state index contributed by atoms with van der Waals surface area (Å²) in [6, 6.07) is 22.9. The first-order chi connectivity index (χ1) is 18.1. The molecule has 0 saturated carbocycles. The molecule has 0 spiro atoms. The van der Waals surface area contributed by atoms with Gasteiger partial charge in [-0.3, -0.25) is 9.78 Å². The third kappa shape index (κ3) is 5.36. The minimum Gasteiger partial charge on any atom is -0.496 e. The maximum Gasteiger partial charge on any atom is 0.270 e. The van der Waals surface area contributed by atoms with Crippen LogP contribution in [0.1, 0.15) is 34.2 Å². The molecule has 3 aromatic carbocycles. The second kappa shape index (κ2) is 10.8. The minimum absolute atomic E-state index is 0.0519. The molecule has 1 heterocycles. The number of H-pyrrole nitrogens is 1. The van der Waals surface area contributed by atoms with Crippen molar-refractivity contribution in [1.29, 1.82) is 5.26 Å². The number of nitriles is 1. The van der Waals surface area contributed by atoms with Crippen molar-refractivity contribution in [1.82, 2.24) is 9.97 Å². The minimum atomic E-state index is -0.538. The van der Waals surface area contributed by atoms with Crippen LogP contribution in [-0.2, 0) is 19.4 Å². The molecule has 1 aromatic heterocycles. The van der Waals surface area contributed by atoms with Crippen molar-refractivity contribution in [2.45, 2.75) is 25.9 Å². The monoisotopic (exact) mass is 491 g/mol. The van der Waals surface area contributed by atoms with Gasteiger partial charge < -0.3 is 9.47 Å². The van der Waals surface area contributed by atoms with Gasteiger partial charge in [0, 0.05) is 11.1 Å². The molecule has 8 heteroatoms. The molecule has 0 fully saturated rings. The van der Waals surface area contributed by atoms with Gasteiger partial charge in [0.2, 0.25) is 5.95 Å². The molecule has 0 radical (unpaired) electrons. The molecular formula is C29H25N5O3. The largest absolute Gasteiger partial charge is 0.496 e. The molecule has 1 aliphatic carbocycles. The third-order valence-electron chi connectivity index (χ3n) is 6.23. The first-order valence-corrected chi connectivity index (χ1v) is 11.9. The van der Waals surface area contributed by atoms with E-state index in [2.05, 4.69) is 32.6 Å². The van der Waals surface area contributed by atoms with Gasteiger partial charge in [-0.15, -0.1) is 0 Å². The summed E-state index contributed by atoms with van der Waals surface area (Å²) in [5, 5.41) is 13.6. The predicted molar refractivity (Wildman–Crippen MR) is 142 cm³/mol. The number of nitrogens with one attached hydrogen (secondary N) is 2. The van der Waals surface area contributed by atoms with E-state index < -0.39 is 5.56 Å². The molecule has 2 N–H and O–H groups in total. The van der Waals surface area contributed by atoms with Crippen LogP contribution in [0.15, 0.2) is 76.6 Å². The summed E-state index contributed by atoms with van der Waals surface area (Å²) in [5.74, 6) is 1.69. The topological polar surface area (TPSA) is 112 Å². The number of hydrogen-bond donors (Lipinski definition) is 2. The van der Waals surface area contributed by atoms with Crippen molar-refractivity contribution >= 4 is 12.2 Å². The van der Waals surface area contributed by atoms with Crippen LogP contribution in [0.25, 0.3) is 11.3 Å². The van der Waals surface area contributed by atoms with Crippen LogP contribution >= 0.6 is 0 Å². The number of hydrazone groups is 1. The smallest absolute Gasteiger partial charge is 0.270 e. The van der Waals surface area contributed by atoms with E-state index in [1.165, 1.54) is 17.5 Å². The molecule has 184 valence electrons. The highest BCUT2D eigenvalue weighted by molar-refractivity contribution is 5.81. The molecular weight excluding hydrogens is 466 g/mol. The maximum absolute atomic E-state index is 12.4. The molecule has 0 saturated heterocycles. The summed E-state index contributed by atoms with van der Waals surface area (Å²) < 4.78 is 11.6. The number of aromatic nitrogens is 2. The van der Waals surface area contributed by atoms with E-state index in [9.17, 15) is 10.1 Å². The van der Waals surface area contributed by atoms with Crippen LogP contribution in [0.4, 0.5) is 5.95 Å². The summed E-state index contributed by atoms with van der Waals surface area (Å²) in [4.78, 5) is 19.4. The van der Waals surface area contributed by atoms with Crippen molar-refractivity contribution in [2.75, 3.05) is 12.5 Å². The van der Waals surface area contributed by atoms with Crippen LogP contribution in [0.5, 0.6) is 11.5 Å². The van der Waals surface area contributed by atoms with Gasteiger partial charge in [0.05, 0.1) is 19.0 Å². The molecule has 0 unspecified atom stereocenters. The van der Waals surface area contributed by atoms with Crippen LogP contribution < -0.4 is 20.5 Å². The Hall–Kier alpha value is -4.90. The number of benzene rings is 3. The van der Waals surface area contributed by atoms with Crippen molar-refractivity contribution in [3.8, 4) is 28.8 Å². The molecule has 4 aromatic rings. The van der Waals surface area contributed by atoms with E-state index in [4.69, 9.17) is 9.47 Å². The zero-order valence-electron chi connectivity index (χ0n) is 20.3. The molecule has 0 atom stereocenters. The Balaban J connectivity index is 1.32. The molecule has 0 aliphatic heterocycles. The highest BCUT2D eigenvalue weighted by Crippen LogP contribution is 2.28. The SMILES string of the molecule is COc1ccc(C=NNc2nc(-c3ccccc3)c(C#N)c(=O)[nH]2)cc1COc1ccc2c(c1)CCC2. The van der Waals surface area contributed by atoms with E-state index in [1.54, 1.807) is 25.5 Å². The van der Waals surface area contributed by atoms with E-state index in [-0.39, 0.29) is 11.5 Å². The van der Waals surface area contributed by atoms with Gasteiger partial charge in [-0.05, 0) is 66.3 Å². The number of nitrogens with zero attached hydrogens (tertiary/aromatic N) is 3. The molecule has 1 aliphatic rings. The summed E-state index contributed by atoms with van der Waals surface area (Å²) in [6.07, 6.45) is 5.04. The van der Waals surface area contributed by atoms with E-state index in [0.29, 0.717) is 17.9 Å². The number of aromatic amines is 1. The lowest BCUT2D eigenvalue weighted by atomic mass is 10.1. The number of methoxy groups -OCH3 is 1. The molecule has 37 heavy (non-hydrogen) atoms. The highest BCUT2D eigenvalue weighted by atomic mass is 16.5. The third-order valence-corrected chi connectivity index (χ3v) is 6.23. The van der Waals surface area contributed by atoms with Gasteiger partial charge in [-0.1, -0.05) is 36.4 Å². The van der Waals surface area contributed by atoms with Gasteiger partial charge in [0.1, 0.15) is 29.7 Å². The highest BCUT2D eigenvalue weighted by Gasteiger charge is 2.14. The molecule has 0 amide bonds. The van der Waals surface area contributed by atoms with E-state index >= 15 is 0 Å². The molecule has 5 rings (SSSR count). The lowest BCUT2D eigenvalue weighted by Gasteiger charge is -2.12. The average molecular weight is 492 g/mol. The number of aryl methyl sites for hydroxylation is 2. The Labute approximate surface area is 214 Å². The molecule has 8 nitrogen and oxygen atoms in total. The van der Waals surface area contributed by atoms with Gasteiger partial charge >= 0.3 is 0 Å². The van der Waals surface area contributed by atoms with Crippen molar-refractivity contribution < 1.29 is 9.47 Å². The number of hydrogen-bond acceptors (Lipinski definition) is 7. The van der Waals surface area contributed by atoms with Gasteiger partial charge in [-0.2, -0.15) is 10.4 Å². The summed E-state index contributed by atoms with van der Waals surface area (Å²) >= 11 is 0. The number of fused-ring (bicyclic) bond motifs is 1. The Bertz CT molecular complexity index is 1550. The van der Waals surface area contributed by atoms with E-state index in [0.717, 1.165) is 35.5 Å². The van der Waals surface area contributed by atoms with Crippen molar-refractivity contribution in [3.63, 3.8) is 0 Å². The lowest BCUT2D eigenvalue weighted by Crippen LogP contribution is -2.16. The fourth-order valence-corrected chi connectivity index (χ4v) is 4.39. The zero-order chi connectivity index (χ0) is 25.6. The van der Waals surface area contributed by atoms with E-state index in [1.807, 2.05) is 48.5 Å². The Morgan fingerprint density at radius 1 is 1.11 bits per heavy atom. The summed E-state index contributed by atoms with van der Waals surface area (Å²) in [7, 11) is 1.63. The number of rotatable bonds is 8. The van der Waals surface area contributed by atoms with Gasteiger partial charge in [-0.25, -0.2) is 10.4 Å². The van der Waals surface area contributed by atoms with Crippen molar-refractivity contribution in [3.05, 3.63) is 105 Å². The second-order valence-corrected chi connectivity index (χ2v) is 8.63. The average Bonchev–Trinajstić information content (AvgIpc) is 3.40. The Kier molecular flexibility index (Phi) is 6.95. The maximum atomic E-state index is 12.4. The zero-order valence-corrected chi connectivity index (χ0v) is 20.3. The van der Waals surface area contributed by atoms with Gasteiger partial charge in [0.25, 0.3) is 5.56 Å². The van der Waals surface area contributed by atoms with Crippen LogP contribution in [0, 0.1) is 11.3 Å². The first-order valence-electron chi connectivity index (χ1n) is 11.9. The fraction of sp³-hybridized carbons (Fsp3) is 0.172. The van der Waals surface area contributed by atoms with Crippen molar-refractivity contribution in [2.24, 2.45) is 5.10 Å². The fourth-order valence-electron chi connectivity index (χ4n) is 4.39. The standard InChI is InChI=1S/C29H25N5O3/c1-36-26-13-10-19(14-23(26)18-37-24-12-11-20-8-5-9-22(20)15-24)17-31-34-29-32-27(21-6-3-2-4-7-21)25(16-30)28(35)33-29/h2-4,6-7,10-15,17H,5,8-9,18H2,1H3,(H2,32,33,34,35). The van der Waals surface area contributed by atoms with Crippen LogP contribution in [0.3, 0.4) is 0 Å². The normalized spacial score (nSPS) is 12.2. The number of anilines is 1. The number of ether oxygens (including phenoxy) is 2. The lowest BCUT2D eigenvalue weighted by molar-refractivity contribution is 0.296. The quantitative estimate of drug-likeness (QED) is 0.270. The van der Waals surface area contributed by atoms with Crippen LogP contribution in [-0.4, -0.2) is 23.3 Å². The van der Waals surface area contributed by atoms with Crippen LogP contribution in [0.2, 0.25) is 0 Å². The molecule has 0 bridgehead atoms. The predicted octanol–water partition coefficient (Wildman–Crippen LogP) is 4.83. The Morgan fingerprint density at radius 2 is 1.95 bits per heavy atom. The second-order valence-electron chi connectivity index (χ2n) is 8.63. The first kappa shape index (κ1) is 23.8. The summed E-state index contributed by atoms with van der Waals surface area (Å²) in [5.41, 5.74) is 7.58. The summed E-state index contributed by atoms with van der Waals surface area (Å²) in [6.45, 7) is 0.349. The Morgan fingerprint density at radius 3 is 2.76 bits per heavy atom. The van der Waals surface area contributed by atoms with Gasteiger partial charge in [0.15, 0.2) is 0 Å².